The van der Waals surface area contributed by atoms with Gasteiger partial charge >= 0.3 is 0 Å². The van der Waals surface area contributed by atoms with E-state index in [0.29, 0.717) is 12.4 Å². The normalized spacial score (nSPS) is 10.7. The molecule has 0 aliphatic rings. The number of aryl methyl sites for hydroxylation is 1. The summed E-state index contributed by atoms with van der Waals surface area (Å²) in [6.45, 7) is 2.57. The van der Waals surface area contributed by atoms with Gasteiger partial charge in [0.05, 0.1) is 6.54 Å². The minimum atomic E-state index is 0.360. The number of hydrogen-bond acceptors (Lipinski definition) is 4. The molecule has 0 aliphatic heterocycles. The van der Waals surface area contributed by atoms with Crippen LogP contribution in [-0.4, -0.2) is 10.1 Å². The van der Waals surface area contributed by atoms with Crippen LogP contribution in [0.1, 0.15) is 50.7 Å². The van der Waals surface area contributed by atoms with Gasteiger partial charge in [-0.1, -0.05) is 37.8 Å². The fourth-order valence-corrected chi connectivity index (χ4v) is 1.35. The Balaban J connectivity index is 2.12. The minimum Gasteiger partial charge on any atom is -0.339 e. The van der Waals surface area contributed by atoms with Crippen LogP contribution in [0, 0.1) is 0 Å². The summed E-state index contributed by atoms with van der Waals surface area (Å²) in [7, 11) is 0. The van der Waals surface area contributed by atoms with Gasteiger partial charge in [0.15, 0.2) is 5.82 Å². The van der Waals surface area contributed by atoms with Gasteiger partial charge in [0.2, 0.25) is 5.89 Å². The number of hydrogen-bond donors (Lipinski definition) is 1. The predicted molar refractivity (Wildman–Crippen MR) is 54.7 cm³/mol. The van der Waals surface area contributed by atoms with Gasteiger partial charge in [-0.25, -0.2) is 0 Å². The van der Waals surface area contributed by atoms with E-state index >= 15 is 0 Å². The summed E-state index contributed by atoms with van der Waals surface area (Å²) in [5, 5.41) is 3.74. The Labute approximate surface area is 84.9 Å². The van der Waals surface area contributed by atoms with E-state index < -0.39 is 0 Å². The van der Waals surface area contributed by atoms with Crippen molar-refractivity contribution in [3.05, 3.63) is 11.7 Å². The van der Waals surface area contributed by atoms with E-state index in [0.717, 1.165) is 18.7 Å². The van der Waals surface area contributed by atoms with Crippen LogP contribution in [0.3, 0.4) is 0 Å². The van der Waals surface area contributed by atoms with Crippen LogP contribution < -0.4 is 5.73 Å². The fraction of sp³-hybridized carbons (Fsp3) is 0.800. The Morgan fingerprint density at radius 2 is 2.00 bits per heavy atom. The summed E-state index contributed by atoms with van der Waals surface area (Å²) in [5.74, 6) is 1.33. The van der Waals surface area contributed by atoms with E-state index in [9.17, 15) is 0 Å². The van der Waals surface area contributed by atoms with Crippen LogP contribution in [-0.2, 0) is 13.0 Å². The smallest absolute Gasteiger partial charge is 0.226 e. The lowest BCUT2D eigenvalue weighted by atomic mass is 10.1. The Kier molecular flexibility index (Phi) is 5.22. The van der Waals surface area contributed by atoms with Crippen molar-refractivity contribution in [3.63, 3.8) is 0 Å². The Morgan fingerprint density at radius 3 is 2.64 bits per heavy atom. The average molecular weight is 197 g/mol. The van der Waals surface area contributed by atoms with Crippen molar-refractivity contribution in [2.75, 3.05) is 0 Å². The lowest BCUT2D eigenvalue weighted by Gasteiger charge is -1.95. The fourth-order valence-electron chi connectivity index (χ4n) is 1.35. The third-order valence-corrected chi connectivity index (χ3v) is 2.19. The highest BCUT2D eigenvalue weighted by molar-refractivity contribution is 4.84. The SMILES string of the molecule is CCCCCCCc1nc(CN)no1. The summed E-state index contributed by atoms with van der Waals surface area (Å²) in [4.78, 5) is 4.14. The molecule has 1 aromatic heterocycles. The van der Waals surface area contributed by atoms with Gasteiger partial charge in [-0.2, -0.15) is 4.98 Å². The standard InChI is InChI=1S/C10H19N3O/c1-2-3-4-5-6-7-10-12-9(8-11)13-14-10/h2-8,11H2,1H3. The molecule has 2 N–H and O–H groups in total. The largest absolute Gasteiger partial charge is 0.339 e. The zero-order valence-corrected chi connectivity index (χ0v) is 8.83. The van der Waals surface area contributed by atoms with Crippen LogP contribution in [0.4, 0.5) is 0 Å². The van der Waals surface area contributed by atoms with Gasteiger partial charge in [0.1, 0.15) is 0 Å². The molecule has 0 spiro atoms. The van der Waals surface area contributed by atoms with Crippen molar-refractivity contribution < 1.29 is 4.52 Å². The van der Waals surface area contributed by atoms with E-state index in [1.54, 1.807) is 0 Å². The maximum atomic E-state index is 5.37. The molecule has 0 aromatic carbocycles. The lowest BCUT2D eigenvalue weighted by Crippen LogP contribution is -1.98. The van der Waals surface area contributed by atoms with Gasteiger partial charge in [0, 0.05) is 6.42 Å². The molecule has 0 saturated carbocycles. The van der Waals surface area contributed by atoms with Crippen molar-refractivity contribution in [3.8, 4) is 0 Å². The van der Waals surface area contributed by atoms with Gasteiger partial charge in [-0.3, -0.25) is 0 Å². The minimum absolute atomic E-state index is 0.360. The molecule has 80 valence electrons. The highest BCUT2D eigenvalue weighted by Gasteiger charge is 2.03. The highest BCUT2D eigenvalue weighted by Crippen LogP contribution is 2.07. The maximum absolute atomic E-state index is 5.37. The molecule has 1 rings (SSSR count). The third kappa shape index (κ3) is 3.87. The molecule has 0 amide bonds. The van der Waals surface area contributed by atoms with Crippen LogP contribution >= 0.6 is 0 Å². The number of unbranched alkanes of at least 4 members (excludes halogenated alkanes) is 4. The molecule has 0 radical (unpaired) electrons. The summed E-state index contributed by atoms with van der Waals surface area (Å²) in [6, 6.07) is 0. The number of aromatic nitrogens is 2. The topological polar surface area (TPSA) is 64.9 Å². The first kappa shape index (κ1) is 11.2. The molecule has 0 bridgehead atoms. The Bertz CT molecular complexity index is 247. The van der Waals surface area contributed by atoms with Gasteiger partial charge < -0.3 is 10.3 Å². The molecule has 0 unspecified atom stereocenters. The van der Waals surface area contributed by atoms with E-state index in [4.69, 9.17) is 10.3 Å². The average Bonchev–Trinajstić information content (AvgIpc) is 2.65. The molecule has 0 atom stereocenters. The van der Waals surface area contributed by atoms with Crippen LogP contribution in [0.2, 0.25) is 0 Å². The lowest BCUT2D eigenvalue weighted by molar-refractivity contribution is 0.368. The summed E-state index contributed by atoms with van der Waals surface area (Å²) in [5.41, 5.74) is 5.37. The van der Waals surface area contributed by atoms with E-state index in [-0.39, 0.29) is 0 Å². The van der Waals surface area contributed by atoms with Crippen molar-refractivity contribution >= 4 is 0 Å². The molecule has 0 aliphatic carbocycles. The Morgan fingerprint density at radius 1 is 1.21 bits per heavy atom. The predicted octanol–water partition coefficient (Wildman–Crippen LogP) is 2.04. The van der Waals surface area contributed by atoms with Crippen molar-refractivity contribution in [2.24, 2.45) is 5.73 Å². The van der Waals surface area contributed by atoms with E-state index in [1.807, 2.05) is 0 Å². The summed E-state index contributed by atoms with van der Waals surface area (Å²) >= 11 is 0. The van der Waals surface area contributed by atoms with Crippen LogP contribution in [0.15, 0.2) is 4.52 Å². The van der Waals surface area contributed by atoms with Crippen molar-refractivity contribution in [2.45, 2.75) is 52.0 Å². The zero-order chi connectivity index (χ0) is 10.2. The summed E-state index contributed by atoms with van der Waals surface area (Å²) in [6.07, 6.45) is 7.15. The second-order valence-corrected chi connectivity index (χ2v) is 3.47. The van der Waals surface area contributed by atoms with Gasteiger partial charge in [-0.15, -0.1) is 0 Å². The second-order valence-electron chi connectivity index (χ2n) is 3.47. The van der Waals surface area contributed by atoms with Crippen molar-refractivity contribution in [1.29, 1.82) is 0 Å². The molecule has 4 heteroatoms. The molecule has 0 saturated heterocycles. The summed E-state index contributed by atoms with van der Waals surface area (Å²) < 4.78 is 5.02. The molecule has 0 fully saturated rings. The first-order chi connectivity index (χ1) is 6.86. The highest BCUT2D eigenvalue weighted by atomic mass is 16.5. The second kappa shape index (κ2) is 6.54. The first-order valence-corrected chi connectivity index (χ1v) is 5.38. The number of nitrogens with zero attached hydrogens (tertiary/aromatic N) is 2. The van der Waals surface area contributed by atoms with Crippen LogP contribution in [0.5, 0.6) is 0 Å². The zero-order valence-electron chi connectivity index (χ0n) is 8.83. The Hall–Kier alpha value is -0.900. The molecular formula is C10H19N3O. The maximum Gasteiger partial charge on any atom is 0.226 e. The van der Waals surface area contributed by atoms with Crippen molar-refractivity contribution in [1.82, 2.24) is 10.1 Å². The number of nitrogens with two attached hydrogens (primary N) is 1. The van der Waals surface area contributed by atoms with Gasteiger partial charge in [-0.05, 0) is 6.42 Å². The molecule has 4 nitrogen and oxygen atoms in total. The van der Waals surface area contributed by atoms with Gasteiger partial charge in [0.25, 0.3) is 0 Å². The molecule has 1 heterocycles. The van der Waals surface area contributed by atoms with Crippen LogP contribution in [0.25, 0.3) is 0 Å². The number of rotatable bonds is 7. The molecular weight excluding hydrogens is 178 g/mol. The third-order valence-electron chi connectivity index (χ3n) is 2.19. The van der Waals surface area contributed by atoms with E-state index in [1.165, 1.54) is 25.7 Å². The monoisotopic (exact) mass is 197 g/mol. The van der Waals surface area contributed by atoms with E-state index in [2.05, 4.69) is 17.1 Å². The quantitative estimate of drug-likeness (QED) is 0.679. The first-order valence-electron chi connectivity index (χ1n) is 5.38. The molecule has 14 heavy (non-hydrogen) atoms. The molecule has 1 aromatic rings.